The third kappa shape index (κ3) is 1.04. The molecule has 0 bridgehead atoms. The van der Waals surface area contributed by atoms with Gasteiger partial charge in [0, 0.05) is 12.0 Å². The lowest BCUT2D eigenvalue weighted by atomic mass is 9.94. The van der Waals surface area contributed by atoms with Gasteiger partial charge in [-0.15, -0.1) is 0 Å². The molecule has 1 aromatic carbocycles. The van der Waals surface area contributed by atoms with E-state index in [4.69, 9.17) is 5.11 Å². The van der Waals surface area contributed by atoms with Crippen molar-refractivity contribution in [2.24, 2.45) is 5.92 Å². The number of nitrogens with one attached hydrogen (secondary N) is 1. The lowest BCUT2D eigenvalue weighted by Crippen LogP contribution is -2.19. The van der Waals surface area contributed by atoms with E-state index in [1.165, 1.54) is 18.5 Å². The van der Waals surface area contributed by atoms with Crippen molar-refractivity contribution in [3.8, 4) is 0 Å². The summed E-state index contributed by atoms with van der Waals surface area (Å²) in [7, 11) is 0. The van der Waals surface area contributed by atoms with Crippen molar-refractivity contribution >= 4 is 0 Å². The molecule has 0 aromatic heterocycles. The molecule has 1 aliphatic heterocycles. The van der Waals surface area contributed by atoms with Crippen molar-refractivity contribution < 1.29 is 5.11 Å². The summed E-state index contributed by atoms with van der Waals surface area (Å²) in [5, 5.41) is 12.5. The molecule has 2 N–H and O–H groups in total. The largest absolute Gasteiger partial charge is 0.392 e. The van der Waals surface area contributed by atoms with Gasteiger partial charge in [0.2, 0.25) is 0 Å². The fraction of sp³-hybridized carbons (Fsp3) is 0.500. The van der Waals surface area contributed by atoms with E-state index in [2.05, 4.69) is 23.5 Å². The maximum absolute atomic E-state index is 9.09. The Labute approximate surface area is 84.0 Å². The summed E-state index contributed by atoms with van der Waals surface area (Å²) in [6, 6.07) is 8.41. The molecular formula is C12H15NO. The van der Waals surface area contributed by atoms with Gasteiger partial charge in [-0.25, -0.2) is 0 Å². The second-order valence-electron chi connectivity index (χ2n) is 4.55. The minimum atomic E-state index is 0.155. The molecule has 2 unspecified atom stereocenters. The quantitative estimate of drug-likeness (QED) is 0.728. The summed E-state index contributed by atoms with van der Waals surface area (Å²) in [6.45, 7) is 2.44. The van der Waals surface area contributed by atoms with Crippen LogP contribution in [0.3, 0.4) is 0 Å². The van der Waals surface area contributed by atoms with Crippen molar-refractivity contribution in [3.63, 3.8) is 0 Å². The van der Waals surface area contributed by atoms with Crippen LogP contribution >= 0.6 is 0 Å². The summed E-state index contributed by atoms with van der Waals surface area (Å²) in [5.41, 5.74) is 2.87. The highest BCUT2D eigenvalue weighted by Gasteiger charge is 2.57. The Kier molecular flexibility index (Phi) is 1.70. The lowest BCUT2D eigenvalue weighted by Gasteiger charge is -2.12. The first kappa shape index (κ1) is 8.45. The molecule has 1 saturated heterocycles. The van der Waals surface area contributed by atoms with E-state index in [-0.39, 0.29) is 6.61 Å². The van der Waals surface area contributed by atoms with Crippen LogP contribution in [0.25, 0.3) is 0 Å². The van der Waals surface area contributed by atoms with Gasteiger partial charge in [-0.05, 0) is 30.0 Å². The van der Waals surface area contributed by atoms with Crippen LogP contribution in [-0.4, -0.2) is 18.2 Å². The van der Waals surface area contributed by atoms with Gasteiger partial charge < -0.3 is 10.4 Å². The van der Waals surface area contributed by atoms with Gasteiger partial charge in [0.1, 0.15) is 0 Å². The number of hydrogen-bond acceptors (Lipinski definition) is 2. The van der Waals surface area contributed by atoms with Crippen molar-refractivity contribution in [1.29, 1.82) is 0 Å². The molecule has 2 nitrogen and oxygen atoms in total. The maximum Gasteiger partial charge on any atom is 0.0681 e. The highest BCUT2D eigenvalue weighted by Crippen LogP contribution is 2.56. The normalized spacial score (nSPS) is 34.2. The molecule has 2 aliphatic rings. The van der Waals surface area contributed by atoms with E-state index < -0.39 is 0 Å². The maximum atomic E-state index is 9.09. The minimum Gasteiger partial charge on any atom is -0.392 e. The fourth-order valence-corrected chi connectivity index (χ4v) is 2.77. The predicted molar refractivity (Wildman–Crippen MR) is 55.0 cm³/mol. The molecule has 0 radical (unpaired) electrons. The van der Waals surface area contributed by atoms with Crippen LogP contribution in [0.5, 0.6) is 0 Å². The van der Waals surface area contributed by atoms with Crippen LogP contribution in [-0.2, 0) is 12.0 Å². The van der Waals surface area contributed by atoms with Gasteiger partial charge in [-0.3, -0.25) is 0 Å². The molecule has 1 saturated carbocycles. The lowest BCUT2D eigenvalue weighted by molar-refractivity contribution is 0.281. The number of benzene rings is 1. The van der Waals surface area contributed by atoms with E-state index >= 15 is 0 Å². The van der Waals surface area contributed by atoms with Crippen molar-refractivity contribution in [2.75, 3.05) is 13.1 Å². The topological polar surface area (TPSA) is 32.3 Å². The zero-order chi connectivity index (χ0) is 9.60. The summed E-state index contributed by atoms with van der Waals surface area (Å²) < 4.78 is 0. The van der Waals surface area contributed by atoms with Crippen LogP contribution in [0.2, 0.25) is 0 Å². The summed E-state index contributed by atoms with van der Waals surface area (Å²) in [6.07, 6.45) is 1.33. The third-order valence-corrected chi connectivity index (χ3v) is 3.75. The van der Waals surface area contributed by atoms with Crippen LogP contribution < -0.4 is 5.32 Å². The number of aliphatic hydroxyl groups is 1. The standard InChI is InChI=1S/C12H15NO/c14-7-9-2-1-3-10(4-9)12-5-11(12)6-13-8-12/h1-4,11,13-14H,5-8H2. The first-order valence-electron chi connectivity index (χ1n) is 5.26. The molecule has 3 rings (SSSR count). The summed E-state index contributed by atoms with van der Waals surface area (Å²) in [4.78, 5) is 0. The minimum absolute atomic E-state index is 0.155. The van der Waals surface area contributed by atoms with Gasteiger partial charge in [0.05, 0.1) is 6.61 Å². The Hall–Kier alpha value is -0.860. The van der Waals surface area contributed by atoms with Gasteiger partial charge in [-0.1, -0.05) is 24.3 Å². The Morgan fingerprint density at radius 2 is 2.43 bits per heavy atom. The van der Waals surface area contributed by atoms with Crippen LogP contribution in [0.15, 0.2) is 24.3 Å². The van der Waals surface area contributed by atoms with Crippen LogP contribution in [0.4, 0.5) is 0 Å². The van der Waals surface area contributed by atoms with E-state index in [1.807, 2.05) is 6.07 Å². The molecule has 2 heteroatoms. The number of rotatable bonds is 2. The monoisotopic (exact) mass is 189 g/mol. The molecule has 74 valence electrons. The van der Waals surface area contributed by atoms with Crippen molar-refractivity contribution in [3.05, 3.63) is 35.4 Å². The highest BCUT2D eigenvalue weighted by molar-refractivity contribution is 5.39. The Bertz CT molecular complexity index is 363. The molecule has 14 heavy (non-hydrogen) atoms. The summed E-state index contributed by atoms with van der Waals surface area (Å²) >= 11 is 0. The Morgan fingerprint density at radius 3 is 3.07 bits per heavy atom. The van der Waals surface area contributed by atoms with E-state index in [9.17, 15) is 0 Å². The number of fused-ring (bicyclic) bond motifs is 1. The number of aliphatic hydroxyl groups excluding tert-OH is 1. The SMILES string of the molecule is OCc1cccc(C23CNCC2C3)c1. The second kappa shape index (κ2) is 2.81. The summed E-state index contributed by atoms with van der Waals surface area (Å²) in [5.74, 6) is 0.844. The van der Waals surface area contributed by atoms with Gasteiger partial charge in [0.25, 0.3) is 0 Å². The van der Waals surface area contributed by atoms with E-state index in [0.29, 0.717) is 5.41 Å². The van der Waals surface area contributed by atoms with E-state index in [0.717, 1.165) is 18.0 Å². The van der Waals surface area contributed by atoms with Crippen molar-refractivity contribution in [1.82, 2.24) is 5.32 Å². The van der Waals surface area contributed by atoms with Gasteiger partial charge in [0.15, 0.2) is 0 Å². The molecule has 1 aromatic rings. The van der Waals surface area contributed by atoms with E-state index in [1.54, 1.807) is 0 Å². The molecule has 1 aliphatic carbocycles. The van der Waals surface area contributed by atoms with Crippen LogP contribution in [0, 0.1) is 5.92 Å². The van der Waals surface area contributed by atoms with Gasteiger partial charge >= 0.3 is 0 Å². The zero-order valence-electron chi connectivity index (χ0n) is 8.16. The van der Waals surface area contributed by atoms with Crippen molar-refractivity contribution in [2.45, 2.75) is 18.4 Å². The number of hydrogen-bond donors (Lipinski definition) is 2. The average Bonchev–Trinajstić information content (AvgIpc) is 2.82. The number of piperidine rings is 1. The zero-order valence-corrected chi connectivity index (χ0v) is 8.16. The predicted octanol–water partition coefficient (Wildman–Crippen LogP) is 1.04. The third-order valence-electron chi connectivity index (χ3n) is 3.75. The fourth-order valence-electron chi connectivity index (χ4n) is 2.77. The molecule has 0 amide bonds. The Balaban J connectivity index is 1.96. The molecule has 0 spiro atoms. The smallest absolute Gasteiger partial charge is 0.0681 e. The van der Waals surface area contributed by atoms with Gasteiger partial charge in [-0.2, -0.15) is 0 Å². The molecular weight excluding hydrogens is 174 g/mol. The van der Waals surface area contributed by atoms with Crippen LogP contribution in [0.1, 0.15) is 17.5 Å². The second-order valence-corrected chi connectivity index (χ2v) is 4.55. The first-order valence-corrected chi connectivity index (χ1v) is 5.26. The Morgan fingerprint density at radius 1 is 1.50 bits per heavy atom. The average molecular weight is 189 g/mol. The molecule has 1 heterocycles. The first-order chi connectivity index (χ1) is 6.85. The molecule has 2 atom stereocenters. The highest BCUT2D eigenvalue weighted by atomic mass is 16.3. The molecule has 2 fully saturated rings.